The fourth-order valence-electron chi connectivity index (χ4n) is 1.70. The summed E-state index contributed by atoms with van der Waals surface area (Å²) in [5, 5.41) is 9.21. The monoisotopic (exact) mass is 465 g/mol. The Balaban J connectivity index is 0.000000653. The fourth-order valence-corrected chi connectivity index (χ4v) is 2.55. The molecule has 0 aliphatic heterocycles. The Hall–Kier alpha value is -1.27. The summed E-state index contributed by atoms with van der Waals surface area (Å²) in [6.45, 7) is 4.30. The van der Waals surface area contributed by atoms with E-state index in [0.717, 1.165) is 10.6 Å². The molecule has 2 aromatic heterocycles. The van der Waals surface area contributed by atoms with E-state index in [2.05, 4.69) is 4.98 Å². The number of nitrogen functional groups attached to an aromatic ring is 1. The molecule has 0 spiro atoms. The third kappa shape index (κ3) is 12.2. The van der Waals surface area contributed by atoms with E-state index in [1.54, 1.807) is 11.6 Å². The van der Waals surface area contributed by atoms with Gasteiger partial charge in [-0.3, -0.25) is 0 Å². The van der Waals surface area contributed by atoms with Gasteiger partial charge in [-0.2, -0.15) is 4.57 Å². The number of aryl methyl sites for hydroxylation is 1. The van der Waals surface area contributed by atoms with Crippen LogP contribution in [0.4, 0.5) is 5.82 Å². The summed E-state index contributed by atoms with van der Waals surface area (Å²) in [6, 6.07) is 0. The van der Waals surface area contributed by atoms with Gasteiger partial charge in [0.1, 0.15) is 18.0 Å². The second-order valence-corrected chi connectivity index (χ2v) is 7.42. The van der Waals surface area contributed by atoms with Crippen molar-refractivity contribution in [2.45, 2.75) is 27.0 Å². The third-order valence-corrected chi connectivity index (χ3v) is 4.08. The molecule has 0 aliphatic rings. The highest BCUT2D eigenvalue weighted by Crippen LogP contribution is 2.12. The number of hydrogen-bond donors (Lipinski definition) is 2. The Bertz CT molecular complexity index is 790. The second-order valence-electron chi connectivity index (χ2n) is 4.97. The van der Waals surface area contributed by atoms with E-state index in [4.69, 9.17) is 44.4 Å². The van der Waals surface area contributed by atoms with E-state index >= 15 is 0 Å². The molecule has 160 valence electrons. The molecule has 0 amide bonds. The summed E-state index contributed by atoms with van der Waals surface area (Å²) in [5.74, 6) is 1.11. The molecule has 0 aliphatic carbocycles. The van der Waals surface area contributed by atoms with Gasteiger partial charge in [-0.15, -0.1) is 20.5 Å². The molecule has 2 heterocycles. The Kier molecular flexibility index (Phi) is 9.78. The maximum atomic E-state index is 9.21. The van der Waals surface area contributed by atoms with E-state index < -0.39 is 20.5 Å². The average molecular weight is 466 g/mol. The smallest absolute Gasteiger partial charge is 0.297 e. The van der Waals surface area contributed by atoms with Crippen molar-refractivity contribution in [3.8, 4) is 0 Å². The number of anilines is 1. The minimum atomic E-state index is -4.94. The highest BCUT2D eigenvalue weighted by molar-refractivity contribution is 7.09. The molecule has 0 unspecified atom stereocenters. The predicted molar refractivity (Wildman–Crippen MR) is 68.8 cm³/mol. The van der Waals surface area contributed by atoms with E-state index in [-0.39, 0.29) is 6.61 Å². The number of aliphatic hydroxyl groups excluding tert-OH is 1. The lowest BCUT2D eigenvalue weighted by Crippen LogP contribution is -2.68. The van der Waals surface area contributed by atoms with Gasteiger partial charge in [0.15, 0.2) is 12.2 Å². The van der Waals surface area contributed by atoms with E-state index in [9.17, 15) is 5.11 Å². The molecule has 3 N–H and O–H groups in total. The van der Waals surface area contributed by atoms with Gasteiger partial charge in [0, 0.05) is 13.8 Å². The van der Waals surface area contributed by atoms with E-state index in [0.29, 0.717) is 29.9 Å². The lowest BCUT2D eigenvalue weighted by molar-refractivity contribution is -2.00. The van der Waals surface area contributed by atoms with Crippen LogP contribution in [0.15, 0.2) is 11.7 Å². The normalized spacial score (nSPS) is 11.8. The Morgan fingerprint density at radius 2 is 1.61 bits per heavy atom. The lowest BCUT2D eigenvalue weighted by atomic mass is 10.3. The number of nitrogens with two attached hydrogens (primary N) is 1. The van der Waals surface area contributed by atoms with Crippen LogP contribution in [-0.2, 0) is 20.2 Å². The van der Waals surface area contributed by atoms with Crippen molar-refractivity contribution in [2.75, 3.05) is 5.73 Å². The van der Waals surface area contributed by atoms with Crippen LogP contribution in [0.3, 0.4) is 0 Å². The topological polar surface area (TPSA) is 251 Å². The average Bonchev–Trinajstić information content (AvgIpc) is 2.86. The minimum absolute atomic E-state index is 0.0344. The first-order valence-electron chi connectivity index (χ1n) is 7.38. The summed E-state index contributed by atoms with van der Waals surface area (Å²) < 4.78 is 79.8. The largest absolute Gasteiger partial charge is 0.391 e. The van der Waals surface area contributed by atoms with Crippen molar-refractivity contribution < 1.29 is 73.4 Å². The molecule has 2 rings (SSSR count). The standard InChI is InChI=1S/C12H17N4OS.2ClHO4/c1-8-11(6-17)18-7-16(8)5-10-4-15(3)9(2)14-12(10)13;2*2-1(3,4)5/h4,7,13,17H,5-6H2,1-3H3;2*(H,2,3,4,5)/q+1;;/p-1/i4D;;. The van der Waals surface area contributed by atoms with Crippen molar-refractivity contribution in [2.24, 2.45) is 7.05 Å². The maximum Gasteiger partial charge on any atom is 0.297 e. The van der Waals surface area contributed by atoms with Crippen LogP contribution in [0.25, 0.3) is 0 Å². The maximum absolute atomic E-state index is 9.21. The zero-order chi connectivity index (χ0) is 23.2. The molecular weight excluding hydrogens is 447 g/mol. The van der Waals surface area contributed by atoms with Crippen LogP contribution in [0.2, 0.25) is 0 Å². The first kappa shape index (κ1) is 24.8. The second kappa shape index (κ2) is 11.1. The lowest BCUT2D eigenvalue weighted by Gasteiger charge is -2.17. The Labute approximate surface area is 169 Å². The molecule has 0 radical (unpaired) electrons. The first-order valence-corrected chi connectivity index (χ1v) is 10.2. The highest BCUT2D eigenvalue weighted by atomic mass is 35.7. The molecule has 28 heavy (non-hydrogen) atoms. The summed E-state index contributed by atoms with van der Waals surface area (Å²) in [7, 11) is -8.09. The van der Waals surface area contributed by atoms with Crippen LogP contribution in [0, 0.1) is 34.3 Å². The number of halogens is 2. The Morgan fingerprint density at radius 1 is 1.14 bits per heavy atom. The van der Waals surface area contributed by atoms with Crippen LogP contribution in [-0.4, -0.2) is 10.1 Å². The SMILES string of the molecule is [2H]c1c(C[n+]2csc(CO)c2C)c(N)nc(C)[n+]1C.[O-][Cl+3]([O-])([O-])[O-].[O-][Cl+3]([O-])([O-])[O-]. The molecule has 0 bridgehead atoms. The quantitative estimate of drug-likeness (QED) is 0.402. The van der Waals surface area contributed by atoms with Crippen molar-refractivity contribution in [1.29, 1.82) is 0 Å². The first-order chi connectivity index (χ1) is 13.0. The van der Waals surface area contributed by atoms with Crippen molar-refractivity contribution in [3.05, 3.63) is 33.6 Å². The van der Waals surface area contributed by atoms with Crippen molar-refractivity contribution in [1.82, 2.24) is 4.98 Å². The van der Waals surface area contributed by atoms with E-state index in [1.165, 1.54) is 11.3 Å². The highest BCUT2D eigenvalue weighted by Gasteiger charge is 2.20. The van der Waals surface area contributed by atoms with Crippen LogP contribution in [0.1, 0.15) is 23.3 Å². The molecule has 0 fully saturated rings. The summed E-state index contributed by atoms with van der Waals surface area (Å²) in [6.07, 6.45) is 0.369. The van der Waals surface area contributed by atoms with Crippen molar-refractivity contribution >= 4 is 17.2 Å². The molecule has 16 heteroatoms. The zero-order valence-corrected chi connectivity index (χ0v) is 17.1. The van der Waals surface area contributed by atoms with Crippen LogP contribution < -0.4 is 52.1 Å². The number of rotatable bonds is 3. The fraction of sp³-hybridized carbons (Fsp3) is 0.417. The van der Waals surface area contributed by atoms with Gasteiger partial charge in [0.2, 0.25) is 5.51 Å². The van der Waals surface area contributed by atoms with Gasteiger partial charge >= 0.3 is 0 Å². The molecule has 0 saturated heterocycles. The number of thiazole rings is 1. The molecule has 0 saturated carbocycles. The number of hydrogen-bond acceptors (Lipinski definition) is 12. The summed E-state index contributed by atoms with van der Waals surface area (Å²) >= 11 is 1.50. The van der Waals surface area contributed by atoms with E-state index in [1.807, 2.05) is 23.9 Å². The van der Waals surface area contributed by atoms with Gasteiger partial charge in [0.05, 0.1) is 13.7 Å². The van der Waals surface area contributed by atoms with Gasteiger partial charge < -0.3 is 10.8 Å². The number of nitrogens with zero attached hydrogens (tertiary/aromatic N) is 3. The van der Waals surface area contributed by atoms with Gasteiger partial charge in [0.25, 0.3) is 11.6 Å². The number of aliphatic hydroxyl groups is 1. The minimum Gasteiger partial charge on any atom is -0.391 e. The zero-order valence-electron chi connectivity index (χ0n) is 15.8. The molecule has 2 aromatic rings. The van der Waals surface area contributed by atoms with Crippen molar-refractivity contribution in [3.63, 3.8) is 0 Å². The Morgan fingerprint density at radius 3 is 2.00 bits per heavy atom. The summed E-state index contributed by atoms with van der Waals surface area (Å²) in [4.78, 5) is 5.17. The van der Waals surface area contributed by atoms with Gasteiger partial charge in [-0.1, -0.05) is 11.3 Å². The predicted octanol–water partition coefficient (Wildman–Crippen LogP) is -9.52. The van der Waals surface area contributed by atoms with Gasteiger partial charge in [-0.25, -0.2) is 41.8 Å². The van der Waals surface area contributed by atoms with Crippen LogP contribution in [0.5, 0.6) is 0 Å². The van der Waals surface area contributed by atoms with Gasteiger partial charge in [-0.05, 0) is 4.98 Å². The molecule has 0 aromatic carbocycles. The third-order valence-electron chi connectivity index (χ3n) is 3.01. The summed E-state index contributed by atoms with van der Waals surface area (Å²) in [5.41, 5.74) is 9.55. The molecule has 0 atom stereocenters. The molecule has 13 nitrogen and oxygen atoms in total. The molecular formula is C12H18Cl2N4O9S. The number of aromatic nitrogens is 3. The van der Waals surface area contributed by atoms with Crippen LogP contribution >= 0.6 is 11.3 Å².